The average Bonchev–Trinajstić information content (AvgIpc) is 2.98. The first-order valence-corrected chi connectivity index (χ1v) is 9.75. The Bertz CT molecular complexity index is 526. The number of aliphatic imine (C=N–C) groups is 1. The molecule has 1 aliphatic rings. The number of hydrogen-bond donors (Lipinski definition) is 1. The number of imidazole rings is 1. The zero-order valence-electron chi connectivity index (χ0n) is 16.7. The van der Waals surface area contributed by atoms with Crippen molar-refractivity contribution in [1.82, 2.24) is 24.7 Å². The van der Waals surface area contributed by atoms with Crippen LogP contribution in [0.25, 0.3) is 0 Å². The molecule has 142 valence electrons. The van der Waals surface area contributed by atoms with Crippen molar-refractivity contribution in [2.45, 2.75) is 47.7 Å². The number of hydrogen-bond acceptors (Lipinski definition) is 3. The molecule has 0 spiro atoms. The van der Waals surface area contributed by atoms with Gasteiger partial charge in [0.05, 0.1) is 0 Å². The van der Waals surface area contributed by atoms with Gasteiger partial charge in [0, 0.05) is 58.2 Å². The van der Waals surface area contributed by atoms with E-state index in [-0.39, 0.29) is 0 Å². The Morgan fingerprint density at radius 1 is 1.12 bits per heavy atom. The van der Waals surface area contributed by atoms with Crippen LogP contribution < -0.4 is 5.32 Å². The molecule has 1 saturated heterocycles. The first-order valence-electron chi connectivity index (χ1n) is 9.75. The summed E-state index contributed by atoms with van der Waals surface area (Å²) in [6.07, 6.45) is 3.94. The Morgan fingerprint density at radius 2 is 1.80 bits per heavy atom. The number of nitrogens with one attached hydrogen (secondary N) is 1. The minimum Gasteiger partial charge on any atom is -0.357 e. The summed E-state index contributed by atoms with van der Waals surface area (Å²) in [5, 5.41) is 3.45. The first kappa shape index (κ1) is 19.8. The fourth-order valence-corrected chi connectivity index (χ4v) is 3.28. The molecule has 0 aliphatic carbocycles. The third kappa shape index (κ3) is 6.34. The summed E-state index contributed by atoms with van der Waals surface area (Å²) in [5.41, 5.74) is 0. The molecule has 6 heteroatoms. The van der Waals surface area contributed by atoms with E-state index in [2.05, 4.69) is 65.5 Å². The van der Waals surface area contributed by atoms with Crippen LogP contribution in [0, 0.1) is 11.8 Å². The van der Waals surface area contributed by atoms with E-state index in [0.717, 1.165) is 57.0 Å². The topological polar surface area (TPSA) is 48.7 Å². The molecular weight excluding hydrogens is 312 g/mol. The molecule has 2 heterocycles. The van der Waals surface area contributed by atoms with E-state index in [0.29, 0.717) is 12.5 Å². The molecule has 0 atom stereocenters. The van der Waals surface area contributed by atoms with Crippen LogP contribution in [0.15, 0.2) is 17.4 Å². The fourth-order valence-electron chi connectivity index (χ4n) is 3.28. The van der Waals surface area contributed by atoms with Gasteiger partial charge in [0.2, 0.25) is 0 Å². The summed E-state index contributed by atoms with van der Waals surface area (Å²) in [6.45, 7) is 19.2. The summed E-state index contributed by atoms with van der Waals surface area (Å²) in [5.74, 6) is 3.40. The van der Waals surface area contributed by atoms with Crippen molar-refractivity contribution in [3.8, 4) is 0 Å². The van der Waals surface area contributed by atoms with E-state index >= 15 is 0 Å². The number of rotatable bonds is 7. The number of piperazine rings is 1. The molecule has 0 bridgehead atoms. The normalized spacial score (nSPS) is 16.9. The molecule has 0 amide bonds. The zero-order valence-corrected chi connectivity index (χ0v) is 16.7. The zero-order chi connectivity index (χ0) is 18.2. The third-order valence-electron chi connectivity index (χ3n) is 4.36. The van der Waals surface area contributed by atoms with Gasteiger partial charge in [-0.25, -0.2) is 9.98 Å². The molecule has 1 N–H and O–H groups in total. The summed E-state index contributed by atoms with van der Waals surface area (Å²) in [4.78, 5) is 14.3. The van der Waals surface area contributed by atoms with Crippen LogP contribution in [0.3, 0.4) is 0 Å². The number of guanidine groups is 1. The Morgan fingerprint density at radius 3 is 2.40 bits per heavy atom. The Labute approximate surface area is 153 Å². The number of nitrogens with zero attached hydrogens (tertiary/aromatic N) is 5. The smallest absolute Gasteiger partial charge is 0.194 e. The van der Waals surface area contributed by atoms with E-state index in [1.807, 2.05) is 6.20 Å². The van der Waals surface area contributed by atoms with Crippen molar-refractivity contribution >= 4 is 5.96 Å². The van der Waals surface area contributed by atoms with Crippen LogP contribution in [0.2, 0.25) is 0 Å². The molecule has 2 rings (SSSR count). The molecule has 6 nitrogen and oxygen atoms in total. The molecule has 0 saturated carbocycles. The van der Waals surface area contributed by atoms with Gasteiger partial charge >= 0.3 is 0 Å². The second kappa shape index (κ2) is 9.80. The van der Waals surface area contributed by atoms with Gasteiger partial charge in [-0.15, -0.1) is 0 Å². The van der Waals surface area contributed by atoms with E-state index in [1.54, 1.807) is 0 Å². The fraction of sp³-hybridized carbons (Fsp3) is 0.789. The van der Waals surface area contributed by atoms with Gasteiger partial charge in [0.15, 0.2) is 5.96 Å². The van der Waals surface area contributed by atoms with E-state index in [4.69, 9.17) is 4.99 Å². The van der Waals surface area contributed by atoms with Gasteiger partial charge in [-0.2, -0.15) is 0 Å². The lowest BCUT2D eigenvalue weighted by Crippen LogP contribution is -2.53. The predicted molar refractivity (Wildman–Crippen MR) is 105 cm³/mol. The van der Waals surface area contributed by atoms with Gasteiger partial charge in [-0.1, -0.05) is 27.7 Å². The molecule has 25 heavy (non-hydrogen) atoms. The molecule has 1 aromatic rings. The van der Waals surface area contributed by atoms with Gasteiger partial charge in [-0.05, 0) is 18.8 Å². The SMILES string of the molecule is CCNC(=NCc1nccn1CC(C)C)N1CCN(CC(C)C)CC1. The maximum atomic E-state index is 4.86. The van der Waals surface area contributed by atoms with Crippen molar-refractivity contribution in [3.05, 3.63) is 18.2 Å². The van der Waals surface area contributed by atoms with Crippen molar-refractivity contribution < 1.29 is 0 Å². The molecular formula is C19H36N6. The summed E-state index contributed by atoms with van der Waals surface area (Å²) < 4.78 is 2.22. The summed E-state index contributed by atoms with van der Waals surface area (Å²) in [7, 11) is 0. The maximum absolute atomic E-state index is 4.86. The van der Waals surface area contributed by atoms with Crippen LogP contribution in [0.4, 0.5) is 0 Å². The predicted octanol–water partition coefficient (Wildman–Crippen LogP) is 2.28. The minimum absolute atomic E-state index is 0.610. The Kier molecular flexibility index (Phi) is 7.75. The summed E-state index contributed by atoms with van der Waals surface area (Å²) >= 11 is 0. The van der Waals surface area contributed by atoms with E-state index < -0.39 is 0 Å². The number of aromatic nitrogens is 2. The quantitative estimate of drug-likeness (QED) is 0.607. The standard InChI is InChI=1S/C19H36N6/c1-6-20-19(24-11-9-23(10-12-24)14-16(2)3)22-13-18-21-7-8-25(18)15-17(4)5/h7-8,16-17H,6,9-15H2,1-5H3,(H,20,22). The van der Waals surface area contributed by atoms with Crippen molar-refractivity contribution in [2.75, 3.05) is 39.3 Å². The monoisotopic (exact) mass is 348 g/mol. The second-order valence-electron chi connectivity index (χ2n) is 7.74. The van der Waals surface area contributed by atoms with E-state index in [9.17, 15) is 0 Å². The lowest BCUT2D eigenvalue weighted by Gasteiger charge is -2.37. The van der Waals surface area contributed by atoms with Gasteiger partial charge < -0.3 is 14.8 Å². The van der Waals surface area contributed by atoms with Crippen LogP contribution in [0.5, 0.6) is 0 Å². The van der Waals surface area contributed by atoms with Crippen LogP contribution >= 0.6 is 0 Å². The third-order valence-corrected chi connectivity index (χ3v) is 4.36. The van der Waals surface area contributed by atoms with Crippen molar-refractivity contribution in [1.29, 1.82) is 0 Å². The Balaban J connectivity index is 1.96. The van der Waals surface area contributed by atoms with Crippen LogP contribution in [-0.4, -0.2) is 64.6 Å². The van der Waals surface area contributed by atoms with Crippen LogP contribution in [0.1, 0.15) is 40.4 Å². The molecule has 0 radical (unpaired) electrons. The molecule has 0 aromatic carbocycles. The largest absolute Gasteiger partial charge is 0.357 e. The van der Waals surface area contributed by atoms with Crippen molar-refractivity contribution in [3.63, 3.8) is 0 Å². The maximum Gasteiger partial charge on any atom is 0.194 e. The first-order chi connectivity index (χ1) is 12.0. The van der Waals surface area contributed by atoms with E-state index in [1.165, 1.54) is 6.54 Å². The minimum atomic E-state index is 0.610. The van der Waals surface area contributed by atoms with Gasteiger partial charge in [-0.3, -0.25) is 4.90 Å². The Hall–Kier alpha value is -1.56. The van der Waals surface area contributed by atoms with Crippen LogP contribution in [-0.2, 0) is 13.1 Å². The second-order valence-corrected chi connectivity index (χ2v) is 7.74. The lowest BCUT2D eigenvalue weighted by molar-refractivity contribution is 0.164. The lowest BCUT2D eigenvalue weighted by atomic mass is 10.2. The average molecular weight is 349 g/mol. The molecule has 1 aromatic heterocycles. The molecule has 1 fully saturated rings. The molecule has 0 unspecified atom stereocenters. The van der Waals surface area contributed by atoms with Gasteiger partial charge in [0.1, 0.15) is 12.4 Å². The highest BCUT2D eigenvalue weighted by Crippen LogP contribution is 2.08. The molecule has 1 aliphatic heterocycles. The summed E-state index contributed by atoms with van der Waals surface area (Å²) in [6, 6.07) is 0. The van der Waals surface area contributed by atoms with Crippen molar-refractivity contribution in [2.24, 2.45) is 16.8 Å². The van der Waals surface area contributed by atoms with Gasteiger partial charge in [0.25, 0.3) is 0 Å². The highest BCUT2D eigenvalue weighted by atomic mass is 15.3. The highest BCUT2D eigenvalue weighted by molar-refractivity contribution is 5.80. The highest BCUT2D eigenvalue weighted by Gasteiger charge is 2.20.